The molecule has 4 aliphatic carbocycles. The first kappa shape index (κ1) is 23.6. The monoisotopic (exact) mass is 483 g/mol. The summed E-state index contributed by atoms with van der Waals surface area (Å²) in [5, 5.41) is 0.853. The Morgan fingerprint density at radius 1 is 1.09 bits per heavy atom. The van der Waals surface area contributed by atoms with E-state index in [1.165, 1.54) is 102 Å². The van der Waals surface area contributed by atoms with E-state index in [1.807, 2.05) is 11.6 Å². The number of nitrogens with zero attached hydrogens (tertiary/aromatic N) is 1. The predicted octanol–water partition coefficient (Wildman–Crippen LogP) is 6.64. The van der Waals surface area contributed by atoms with Gasteiger partial charge in [-0.15, -0.1) is 0 Å². The molecule has 0 radical (unpaired) electrons. The molecule has 0 N–H and O–H groups in total. The minimum Gasteiger partial charge on any atom is -0.458 e. The van der Waals surface area contributed by atoms with Crippen molar-refractivity contribution in [3.8, 4) is 0 Å². The summed E-state index contributed by atoms with van der Waals surface area (Å²) in [6.45, 7) is 9.76. The molecule has 1 saturated heterocycles. The van der Waals surface area contributed by atoms with Crippen molar-refractivity contribution in [2.45, 2.75) is 89.7 Å². The van der Waals surface area contributed by atoms with Gasteiger partial charge < -0.3 is 9.64 Å². The van der Waals surface area contributed by atoms with Crippen LogP contribution in [0.5, 0.6) is 0 Å². The van der Waals surface area contributed by atoms with Crippen molar-refractivity contribution in [1.82, 2.24) is 4.90 Å². The molecule has 3 nitrogen and oxygen atoms in total. The van der Waals surface area contributed by atoms with Gasteiger partial charge in [-0.2, -0.15) is 11.8 Å². The molecule has 0 aromatic heterocycles. The summed E-state index contributed by atoms with van der Waals surface area (Å²) in [5.41, 5.74) is 3.94. The lowest BCUT2D eigenvalue weighted by atomic mass is 9.47. The summed E-state index contributed by atoms with van der Waals surface area (Å²) >= 11 is 2.28. The van der Waals surface area contributed by atoms with Crippen molar-refractivity contribution >= 4 is 17.7 Å². The molecule has 188 valence electrons. The van der Waals surface area contributed by atoms with Crippen LogP contribution in [0.4, 0.5) is 0 Å². The van der Waals surface area contributed by atoms with Crippen LogP contribution in [0, 0.1) is 34.5 Å². The van der Waals surface area contributed by atoms with E-state index in [2.05, 4.69) is 36.6 Å². The fraction of sp³-hybridized carbons (Fsp3) is 0.833. The van der Waals surface area contributed by atoms with Gasteiger partial charge in [0.25, 0.3) is 0 Å². The van der Waals surface area contributed by atoms with E-state index >= 15 is 0 Å². The molecule has 3 saturated carbocycles. The second-order valence-electron chi connectivity index (χ2n) is 12.9. The van der Waals surface area contributed by atoms with E-state index in [0.29, 0.717) is 23.4 Å². The highest BCUT2D eigenvalue weighted by atomic mass is 32.2. The third-order valence-electron chi connectivity index (χ3n) is 11.4. The van der Waals surface area contributed by atoms with Crippen molar-refractivity contribution in [3.05, 3.63) is 23.3 Å². The molecule has 0 bridgehead atoms. The molecule has 34 heavy (non-hydrogen) atoms. The highest BCUT2D eigenvalue weighted by Gasteiger charge is 2.59. The van der Waals surface area contributed by atoms with Gasteiger partial charge in [0.2, 0.25) is 0 Å². The summed E-state index contributed by atoms with van der Waals surface area (Å²) in [5.74, 6) is 4.35. The Kier molecular flexibility index (Phi) is 6.46. The first-order valence-corrected chi connectivity index (χ1v) is 15.4. The highest BCUT2D eigenvalue weighted by Crippen LogP contribution is 2.67. The number of hydrogen-bond acceptors (Lipinski definition) is 4. The maximum Gasteiger partial charge on any atom is 0.331 e. The number of carbonyl (C=O) groups is 1. The van der Waals surface area contributed by atoms with Crippen LogP contribution >= 0.6 is 11.8 Å². The van der Waals surface area contributed by atoms with E-state index in [9.17, 15) is 4.79 Å². The van der Waals surface area contributed by atoms with Crippen molar-refractivity contribution in [3.63, 3.8) is 0 Å². The molecule has 0 amide bonds. The number of rotatable bonds is 6. The summed E-state index contributed by atoms with van der Waals surface area (Å²) in [7, 11) is 0. The van der Waals surface area contributed by atoms with Gasteiger partial charge in [0, 0.05) is 11.3 Å². The molecule has 4 heteroatoms. The Hall–Kier alpha value is -0.740. The van der Waals surface area contributed by atoms with Gasteiger partial charge in [-0.25, -0.2) is 4.79 Å². The van der Waals surface area contributed by atoms with E-state index in [1.54, 1.807) is 0 Å². The molecule has 0 unspecified atom stereocenters. The van der Waals surface area contributed by atoms with Crippen molar-refractivity contribution < 1.29 is 9.53 Å². The Morgan fingerprint density at radius 2 is 1.94 bits per heavy atom. The molecule has 4 fully saturated rings. The summed E-state index contributed by atoms with van der Waals surface area (Å²) in [6.07, 6.45) is 19.6. The van der Waals surface area contributed by atoms with Gasteiger partial charge in [-0.3, -0.25) is 0 Å². The van der Waals surface area contributed by atoms with Crippen LogP contribution in [0.1, 0.15) is 84.5 Å². The lowest BCUT2D eigenvalue weighted by molar-refractivity contribution is -0.135. The maximum atomic E-state index is 11.8. The maximum absolute atomic E-state index is 11.8. The van der Waals surface area contributed by atoms with E-state index in [0.717, 1.165) is 23.0 Å². The van der Waals surface area contributed by atoms with Gasteiger partial charge in [0.15, 0.2) is 0 Å². The number of ether oxygens (including phenoxy) is 1. The minimum atomic E-state index is -0.112. The summed E-state index contributed by atoms with van der Waals surface area (Å²) in [4.78, 5) is 14.4. The van der Waals surface area contributed by atoms with E-state index in [-0.39, 0.29) is 5.97 Å². The van der Waals surface area contributed by atoms with Crippen LogP contribution in [-0.2, 0) is 9.53 Å². The number of fused-ring (bicyclic) bond motifs is 5. The van der Waals surface area contributed by atoms with Crippen LogP contribution in [-0.4, -0.2) is 48.1 Å². The van der Waals surface area contributed by atoms with Crippen LogP contribution in [0.3, 0.4) is 0 Å². The van der Waals surface area contributed by atoms with Crippen molar-refractivity contribution in [2.24, 2.45) is 34.5 Å². The molecule has 6 aliphatic rings. The minimum absolute atomic E-state index is 0.112. The van der Waals surface area contributed by atoms with Crippen molar-refractivity contribution in [2.75, 3.05) is 32.0 Å². The second kappa shape index (κ2) is 9.29. The third-order valence-corrected chi connectivity index (χ3v) is 12.8. The molecule has 6 rings (SSSR count). The van der Waals surface area contributed by atoms with Crippen LogP contribution in [0.25, 0.3) is 0 Å². The molecule has 2 aliphatic heterocycles. The molecular weight excluding hydrogens is 438 g/mol. The van der Waals surface area contributed by atoms with Gasteiger partial charge in [0.05, 0.1) is 0 Å². The highest BCUT2D eigenvalue weighted by molar-refractivity contribution is 7.99. The Balaban J connectivity index is 1.09. The lowest BCUT2D eigenvalue weighted by Gasteiger charge is -2.58. The Labute approximate surface area is 211 Å². The number of hydrogen-bond donors (Lipinski definition) is 0. The fourth-order valence-electron chi connectivity index (χ4n) is 9.51. The van der Waals surface area contributed by atoms with Gasteiger partial charge in [0.1, 0.15) is 6.61 Å². The van der Waals surface area contributed by atoms with Crippen LogP contribution in [0.15, 0.2) is 23.3 Å². The Bertz CT molecular complexity index is 860. The Morgan fingerprint density at radius 3 is 2.74 bits per heavy atom. The quantitative estimate of drug-likeness (QED) is 0.241. The molecular formula is C30H45NO2S. The normalized spacial score (nSPS) is 44.2. The molecule has 0 aromatic carbocycles. The first-order valence-electron chi connectivity index (χ1n) is 14.4. The zero-order valence-electron chi connectivity index (χ0n) is 21.5. The standard InChI is InChI=1S/C30H45NO2S/c1-29-12-10-23(34-17-5-16-31-14-3-4-15-31)19-22(29)6-7-24-26-9-8-25(21-18-28(32)33-20-21)30(26,2)13-11-27(24)29/h6,18,23-27H,3-5,7-17,19-20H2,1-2H3/t23-,24-,25+,26-,27-,29-,30+/m0/s1. The second-order valence-corrected chi connectivity index (χ2v) is 14.3. The van der Waals surface area contributed by atoms with Crippen molar-refractivity contribution in [1.29, 1.82) is 0 Å². The number of carbonyl (C=O) groups excluding carboxylic acids is 1. The molecule has 2 heterocycles. The number of esters is 1. The van der Waals surface area contributed by atoms with E-state index in [4.69, 9.17) is 4.74 Å². The number of thioether (sulfide) groups is 1. The molecule has 0 spiro atoms. The zero-order chi connectivity index (χ0) is 23.3. The summed E-state index contributed by atoms with van der Waals surface area (Å²) in [6, 6.07) is 0. The fourth-order valence-corrected chi connectivity index (χ4v) is 10.7. The number of cyclic esters (lactones) is 1. The first-order chi connectivity index (χ1) is 16.5. The third kappa shape index (κ3) is 4.03. The zero-order valence-corrected chi connectivity index (χ0v) is 22.3. The number of likely N-dealkylation sites (tertiary alicyclic amines) is 1. The van der Waals surface area contributed by atoms with Gasteiger partial charge in [-0.1, -0.05) is 25.5 Å². The van der Waals surface area contributed by atoms with E-state index < -0.39 is 0 Å². The summed E-state index contributed by atoms with van der Waals surface area (Å²) < 4.78 is 5.32. The average molecular weight is 484 g/mol. The molecule has 0 aromatic rings. The molecule has 7 atom stereocenters. The van der Waals surface area contributed by atoms with Gasteiger partial charge in [-0.05, 0) is 136 Å². The average Bonchev–Trinajstić information content (AvgIpc) is 3.56. The lowest BCUT2D eigenvalue weighted by Crippen LogP contribution is -2.50. The SMILES string of the molecule is C[C@]12CC[C@H]3[C@@H](CC=C4C[C@@H](SCCCN5CCCC5)CC[C@@]43C)[C@@H]1CC[C@@H]2C1=CC(=O)OC1. The smallest absolute Gasteiger partial charge is 0.331 e. The largest absolute Gasteiger partial charge is 0.458 e. The van der Waals surface area contributed by atoms with Crippen LogP contribution in [0.2, 0.25) is 0 Å². The van der Waals surface area contributed by atoms with Gasteiger partial charge >= 0.3 is 5.97 Å². The van der Waals surface area contributed by atoms with Crippen LogP contribution < -0.4 is 0 Å². The predicted molar refractivity (Wildman–Crippen MR) is 141 cm³/mol. The number of allylic oxidation sites excluding steroid dienone is 2. The topological polar surface area (TPSA) is 29.5 Å².